The number of hydrogen-bond acceptors (Lipinski definition) is 3. The predicted octanol–water partition coefficient (Wildman–Crippen LogP) is 4.52. The van der Waals surface area contributed by atoms with Gasteiger partial charge in [-0.25, -0.2) is 13.9 Å². The molecular weight excluding hydrogens is 317 g/mol. The van der Waals surface area contributed by atoms with Gasteiger partial charge in [0.2, 0.25) is 0 Å². The third-order valence-electron chi connectivity index (χ3n) is 4.21. The molecule has 2 aromatic carbocycles. The van der Waals surface area contributed by atoms with Crippen molar-refractivity contribution in [3.63, 3.8) is 0 Å². The highest BCUT2D eigenvalue weighted by atomic mass is 19.1. The molecular formula is C20H16FN3O. The third-order valence-corrected chi connectivity index (χ3v) is 4.21. The summed E-state index contributed by atoms with van der Waals surface area (Å²) in [6, 6.07) is 16.1. The van der Waals surface area contributed by atoms with E-state index >= 15 is 0 Å². The summed E-state index contributed by atoms with van der Waals surface area (Å²) >= 11 is 0. The minimum absolute atomic E-state index is 0.263. The Morgan fingerprint density at radius 3 is 2.52 bits per heavy atom. The van der Waals surface area contributed by atoms with Crippen LogP contribution in [0.15, 0.2) is 60.8 Å². The molecule has 0 aliphatic carbocycles. The molecule has 0 spiro atoms. The van der Waals surface area contributed by atoms with Gasteiger partial charge in [-0.1, -0.05) is 24.3 Å². The topological polar surface area (TPSA) is 39.4 Å². The van der Waals surface area contributed by atoms with Gasteiger partial charge in [-0.15, -0.1) is 0 Å². The normalized spacial score (nSPS) is 11.0. The van der Waals surface area contributed by atoms with E-state index in [0.29, 0.717) is 0 Å². The first-order chi connectivity index (χ1) is 12.2. The molecule has 0 unspecified atom stereocenters. The van der Waals surface area contributed by atoms with Crippen molar-refractivity contribution < 1.29 is 9.13 Å². The second kappa shape index (κ2) is 6.02. The number of hydrogen-bond donors (Lipinski definition) is 0. The molecule has 0 saturated heterocycles. The molecule has 25 heavy (non-hydrogen) atoms. The van der Waals surface area contributed by atoms with E-state index < -0.39 is 0 Å². The summed E-state index contributed by atoms with van der Waals surface area (Å²) in [6.45, 7) is 1.93. The summed E-state index contributed by atoms with van der Waals surface area (Å²) in [5.74, 6) is 0.507. The number of aryl methyl sites for hydroxylation is 1. The van der Waals surface area contributed by atoms with Crippen LogP contribution in [0.1, 0.15) is 5.69 Å². The molecule has 0 atom stereocenters. The van der Waals surface area contributed by atoms with Crippen LogP contribution in [0.2, 0.25) is 0 Å². The van der Waals surface area contributed by atoms with Gasteiger partial charge in [-0.05, 0) is 42.8 Å². The van der Waals surface area contributed by atoms with Gasteiger partial charge in [-0.3, -0.25) is 0 Å². The Hall–Kier alpha value is -3.21. The van der Waals surface area contributed by atoms with Gasteiger partial charge in [0.05, 0.1) is 18.5 Å². The Bertz CT molecular complexity index is 1050. The lowest BCUT2D eigenvalue weighted by atomic mass is 10.1. The first-order valence-electron chi connectivity index (χ1n) is 7.92. The van der Waals surface area contributed by atoms with Gasteiger partial charge in [0.25, 0.3) is 0 Å². The maximum atomic E-state index is 13.3. The minimum Gasteiger partial charge on any atom is -0.496 e. The van der Waals surface area contributed by atoms with Crippen molar-refractivity contribution >= 4 is 5.65 Å². The summed E-state index contributed by atoms with van der Waals surface area (Å²) in [6.07, 6.45) is 1.76. The fourth-order valence-electron chi connectivity index (χ4n) is 3.07. The molecule has 0 bridgehead atoms. The van der Waals surface area contributed by atoms with Crippen LogP contribution >= 0.6 is 0 Å². The van der Waals surface area contributed by atoms with E-state index in [-0.39, 0.29) is 5.82 Å². The maximum Gasteiger partial charge on any atom is 0.163 e. The van der Waals surface area contributed by atoms with Crippen molar-refractivity contribution in [1.29, 1.82) is 0 Å². The van der Waals surface area contributed by atoms with Crippen molar-refractivity contribution in [3.05, 3.63) is 72.3 Å². The van der Waals surface area contributed by atoms with Crippen LogP contribution in [-0.4, -0.2) is 21.7 Å². The van der Waals surface area contributed by atoms with Crippen LogP contribution in [-0.2, 0) is 0 Å². The molecule has 0 radical (unpaired) electrons. The Balaban J connectivity index is 1.98. The molecule has 2 heterocycles. The zero-order valence-corrected chi connectivity index (χ0v) is 13.9. The third kappa shape index (κ3) is 2.54. The smallest absolute Gasteiger partial charge is 0.163 e. The van der Waals surface area contributed by atoms with Gasteiger partial charge >= 0.3 is 0 Å². The van der Waals surface area contributed by atoms with E-state index in [4.69, 9.17) is 4.74 Å². The highest BCUT2D eigenvalue weighted by Gasteiger charge is 2.17. The molecule has 0 fully saturated rings. The quantitative estimate of drug-likeness (QED) is 0.553. The number of halogens is 1. The summed E-state index contributed by atoms with van der Waals surface area (Å²) in [5, 5.41) is 4.67. The number of ether oxygens (including phenoxy) is 1. The average Bonchev–Trinajstić information content (AvgIpc) is 2.98. The number of rotatable bonds is 3. The summed E-state index contributed by atoms with van der Waals surface area (Å²) < 4.78 is 20.6. The average molecular weight is 333 g/mol. The second-order valence-electron chi connectivity index (χ2n) is 5.73. The SMILES string of the molecule is COc1ccccc1-c1ccnc2c(-c3ccc(F)cc3)c(C)nn12. The highest BCUT2D eigenvalue weighted by molar-refractivity contribution is 5.82. The van der Waals surface area contributed by atoms with Gasteiger partial charge in [0, 0.05) is 17.3 Å². The molecule has 0 aliphatic heterocycles. The molecule has 0 aliphatic rings. The largest absolute Gasteiger partial charge is 0.496 e. The number of nitrogens with zero attached hydrogens (tertiary/aromatic N) is 3. The van der Waals surface area contributed by atoms with Crippen LogP contribution < -0.4 is 4.74 Å². The van der Waals surface area contributed by atoms with Crippen LogP contribution in [0.25, 0.3) is 28.0 Å². The van der Waals surface area contributed by atoms with Crippen LogP contribution in [0.3, 0.4) is 0 Å². The van der Waals surface area contributed by atoms with Gasteiger partial charge in [0.1, 0.15) is 11.6 Å². The van der Waals surface area contributed by atoms with Crippen molar-refractivity contribution in [2.45, 2.75) is 6.92 Å². The van der Waals surface area contributed by atoms with E-state index in [0.717, 1.165) is 39.5 Å². The lowest BCUT2D eigenvalue weighted by Gasteiger charge is -2.09. The van der Waals surface area contributed by atoms with Crippen molar-refractivity contribution in [3.8, 4) is 28.1 Å². The van der Waals surface area contributed by atoms with Crippen LogP contribution in [0, 0.1) is 12.7 Å². The van der Waals surface area contributed by atoms with Gasteiger partial charge < -0.3 is 4.74 Å². The Labute approximate surface area is 144 Å². The van der Waals surface area contributed by atoms with Crippen LogP contribution in [0.5, 0.6) is 5.75 Å². The lowest BCUT2D eigenvalue weighted by Crippen LogP contribution is -1.97. The number of fused-ring (bicyclic) bond motifs is 1. The van der Waals surface area contributed by atoms with Crippen molar-refractivity contribution in [2.24, 2.45) is 0 Å². The fourth-order valence-corrected chi connectivity index (χ4v) is 3.07. The molecule has 0 amide bonds. The molecule has 4 nitrogen and oxygen atoms in total. The van der Waals surface area contributed by atoms with E-state index in [9.17, 15) is 4.39 Å². The number of methoxy groups -OCH3 is 1. The Morgan fingerprint density at radius 1 is 1.00 bits per heavy atom. The summed E-state index contributed by atoms with van der Waals surface area (Å²) in [4.78, 5) is 4.51. The molecule has 0 N–H and O–H groups in total. The van der Waals surface area contributed by atoms with E-state index in [1.807, 2.05) is 41.8 Å². The van der Waals surface area contributed by atoms with E-state index in [2.05, 4.69) is 10.1 Å². The standard InChI is InChI=1S/C20H16FN3O/c1-13-19(14-7-9-15(21)10-8-14)20-22-12-11-17(24(20)23-13)16-5-3-4-6-18(16)25-2/h3-12H,1-2H3. The Morgan fingerprint density at radius 2 is 1.76 bits per heavy atom. The fraction of sp³-hybridized carbons (Fsp3) is 0.100. The summed E-state index contributed by atoms with van der Waals surface area (Å²) in [5.41, 5.74) is 5.17. The zero-order valence-electron chi connectivity index (χ0n) is 13.9. The predicted molar refractivity (Wildman–Crippen MR) is 95.1 cm³/mol. The second-order valence-corrected chi connectivity index (χ2v) is 5.73. The summed E-state index contributed by atoms with van der Waals surface area (Å²) in [7, 11) is 1.65. The first kappa shape index (κ1) is 15.3. The molecule has 4 aromatic rings. The number of para-hydroxylation sites is 1. The van der Waals surface area contributed by atoms with Gasteiger partial charge in [-0.2, -0.15) is 5.10 Å². The van der Waals surface area contributed by atoms with E-state index in [1.165, 1.54) is 12.1 Å². The van der Waals surface area contributed by atoms with Crippen molar-refractivity contribution in [2.75, 3.05) is 7.11 Å². The molecule has 5 heteroatoms. The molecule has 0 saturated carbocycles. The zero-order chi connectivity index (χ0) is 17.4. The lowest BCUT2D eigenvalue weighted by molar-refractivity contribution is 0.416. The van der Waals surface area contributed by atoms with Crippen LogP contribution in [0.4, 0.5) is 4.39 Å². The minimum atomic E-state index is -0.263. The first-order valence-corrected chi connectivity index (χ1v) is 7.92. The highest BCUT2D eigenvalue weighted by Crippen LogP contribution is 2.33. The molecule has 2 aromatic heterocycles. The van der Waals surface area contributed by atoms with Crippen molar-refractivity contribution in [1.82, 2.24) is 14.6 Å². The maximum absolute atomic E-state index is 13.3. The number of benzene rings is 2. The number of aromatic nitrogens is 3. The van der Waals surface area contributed by atoms with E-state index in [1.54, 1.807) is 25.4 Å². The Kier molecular flexibility index (Phi) is 3.69. The molecule has 124 valence electrons. The monoisotopic (exact) mass is 333 g/mol. The molecule has 4 rings (SSSR count). The van der Waals surface area contributed by atoms with Gasteiger partial charge in [0.15, 0.2) is 5.65 Å².